The molecule has 420 valence electrons. The van der Waals surface area contributed by atoms with E-state index >= 15 is 0 Å². The number of benzene rings is 1. The second-order valence-corrected chi connectivity index (χ2v) is 22.8. The molecule has 11 atom stereocenters. The molecule has 3 unspecified atom stereocenters. The number of esters is 1. The maximum Gasteiger partial charge on any atom is 0.409 e. The van der Waals surface area contributed by atoms with Crippen LogP contribution in [-0.4, -0.2) is 196 Å². The van der Waals surface area contributed by atoms with Crippen molar-refractivity contribution in [2.45, 2.75) is 114 Å². The van der Waals surface area contributed by atoms with E-state index in [1.807, 2.05) is 6.92 Å². The molecule has 21 nitrogen and oxygen atoms in total. The van der Waals surface area contributed by atoms with Gasteiger partial charge in [0.25, 0.3) is 0 Å². The fourth-order valence-corrected chi connectivity index (χ4v) is 12.0. The van der Waals surface area contributed by atoms with Crippen LogP contribution in [0, 0.1) is 23.7 Å². The number of aliphatic hydroxyl groups is 3. The second-order valence-electron chi connectivity index (χ2n) is 20.4. The van der Waals surface area contributed by atoms with E-state index in [2.05, 4.69) is 5.32 Å². The molecule has 0 radical (unpaired) electrons. The number of hydrogen-bond donors (Lipinski definition) is 4. The van der Waals surface area contributed by atoms with Gasteiger partial charge in [0.05, 0.1) is 87.1 Å². The maximum atomic E-state index is 14.4. The largest absolute Gasteiger partial charge is 0.457 e. The Labute approximate surface area is 456 Å². The molecule has 5 heterocycles. The number of halogens is 1. The number of fused-ring (bicyclic) bond motifs is 5. The van der Waals surface area contributed by atoms with Crippen molar-refractivity contribution in [3.05, 3.63) is 52.1 Å². The van der Waals surface area contributed by atoms with Gasteiger partial charge >= 0.3 is 12.1 Å². The number of nitrogens with one attached hydrogen (secondary N) is 1. The monoisotopic (exact) mass is 1120 g/mol. The van der Waals surface area contributed by atoms with Gasteiger partial charge in [0.15, 0.2) is 5.72 Å². The first-order valence-corrected chi connectivity index (χ1v) is 28.2. The van der Waals surface area contributed by atoms with E-state index in [4.69, 9.17) is 35.3 Å². The number of ether oxygens (including phenoxy) is 5. The summed E-state index contributed by atoms with van der Waals surface area (Å²) in [5, 5.41) is 34.8. The van der Waals surface area contributed by atoms with Gasteiger partial charge in [0.2, 0.25) is 35.4 Å². The van der Waals surface area contributed by atoms with Crippen LogP contribution in [0.2, 0.25) is 5.02 Å². The molecule has 6 rings (SSSR count). The van der Waals surface area contributed by atoms with Crippen LogP contribution in [0.25, 0.3) is 0 Å². The predicted molar refractivity (Wildman–Crippen MR) is 282 cm³/mol. The molecule has 1 aromatic carbocycles. The van der Waals surface area contributed by atoms with Gasteiger partial charge in [-0.2, -0.15) is 23.5 Å². The number of alkyl carbamates (subject to hydrolysis) is 1. The van der Waals surface area contributed by atoms with Crippen LogP contribution in [0.15, 0.2) is 35.9 Å². The zero-order valence-corrected chi connectivity index (χ0v) is 46.7. The molecule has 5 aliphatic heterocycles. The lowest BCUT2D eigenvalue weighted by Gasteiger charge is -2.42. The molecular formula is C52H72ClN5O16S2. The topological polar surface area (TPSA) is 272 Å². The van der Waals surface area contributed by atoms with Crippen LogP contribution in [0.1, 0.15) is 71.4 Å². The minimum atomic E-state index is -1.92. The molecule has 24 heteroatoms. The summed E-state index contributed by atoms with van der Waals surface area (Å²) < 4.78 is 29.2. The quantitative estimate of drug-likeness (QED) is 0.0633. The van der Waals surface area contributed by atoms with Gasteiger partial charge < -0.3 is 48.8 Å². The molecular weight excluding hydrogens is 1050 g/mol. The fraction of sp³-hybridized carbons (Fsp3) is 0.654. The van der Waals surface area contributed by atoms with Crippen molar-refractivity contribution in [1.29, 1.82) is 0 Å². The number of imide groups is 2. The standard InChI is InChI=1S/C52H72ClN5O16S2/c1-29-10-9-11-36(26-60)52(69)24-38(72-50(68)54-52)31(3)45-51(5,74-45)40(23-41(61)56(7)37-20-33(18-29)19-34(25-59)44(37)53)73-49(67)32(4)55(6)46(64)30(2)27-76-28-35-21-42(62)57(47(35)65)12-14-70-16-17-71-15-13-58-43(63)22-39(75-8)48(58)66/h9-11,19-20,30-32,35-36,38-40,45,59-60,69H,12-18,21-28H2,1-8H3,(H,54,68)/b11-9+,29-10+/t30?,31-,32-,35?,36+,38+,39?,40+,45+,51+,52+/m1/s1. The number of nitrogens with zero attached hydrogens (tertiary/aromatic N) is 4. The predicted octanol–water partition coefficient (Wildman–Crippen LogP) is 2.86. The van der Waals surface area contributed by atoms with Crippen LogP contribution < -0.4 is 10.2 Å². The van der Waals surface area contributed by atoms with Gasteiger partial charge in [-0.25, -0.2) is 9.59 Å². The van der Waals surface area contributed by atoms with E-state index in [9.17, 15) is 53.7 Å². The zero-order valence-electron chi connectivity index (χ0n) is 44.3. The molecule has 0 saturated carbocycles. The number of allylic oxidation sites excluding steroid dienone is 3. The first-order chi connectivity index (χ1) is 36.0. The number of epoxide rings is 1. The van der Waals surface area contributed by atoms with Crippen molar-refractivity contribution in [3.8, 4) is 0 Å². The van der Waals surface area contributed by atoms with Gasteiger partial charge in [-0.05, 0) is 50.6 Å². The minimum Gasteiger partial charge on any atom is -0.457 e. The van der Waals surface area contributed by atoms with Crippen molar-refractivity contribution in [1.82, 2.24) is 20.0 Å². The lowest BCUT2D eigenvalue weighted by Crippen LogP contribution is -2.62. The Hall–Kier alpha value is -4.59. The number of thioether (sulfide) groups is 2. The summed E-state index contributed by atoms with van der Waals surface area (Å²) >= 11 is 9.46. The Morgan fingerprint density at radius 1 is 0.974 bits per heavy atom. The normalized spacial score (nSPS) is 30.1. The number of carbonyl (C=O) groups excluding carboxylic acids is 8. The summed E-state index contributed by atoms with van der Waals surface area (Å²) in [7, 11) is 2.97. The van der Waals surface area contributed by atoms with E-state index in [1.165, 1.54) is 59.2 Å². The summed E-state index contributed by atoms with van der Waals surface area (Å²) in [6.45, 7) is 8.35. The molecule has 0 spiro atoms. The van der Waals surface area contributed by atoms with Gasteiger partial charge in [-0.1, -0.05) is 55.3 Å². The third kappa shape index (κ3) is 14.2. The molecule has 0 aliphatic carbocycles. The zero-order chi connectivity index (χ0) is 55.8. The van der Waals surface area contributed by atoms with Crippen LogP contribution in [0.3, 0.4) is 0 Å². The number of rotatable bonds is 20. The van der Waals surface area contributed by atoms with E-state index in [-0.39, 0.29) is 104 Å². The number of carbonyl (C=O) groups is 8. The van der Waals surface area contributed by atoms with Crippen LogP contribution in [-0.2, 0) is 70.3 Å². The minimum absolute atomic E-state index is 0.0144. The summed E-state index contributed by atoms with van der Waals surface area (Å²) in [6, 6.07) is 2.29. The first kappa shape index (κ1) is 60.6. The Morgan fingerprint density at radius 3 is 2.26 bits per heavy atom. The third-order valence-electron chi connectivity index (χ3n) is 14.9. The molecule has 4 bridgehead atoms. The lowest BCUT2D eigenvalue weighted by molar-refractivity contribution is -0.162. The second kappa shape index (κ2) is 26.4. The number of hydrogen-bond acceptors (Lipinski definition) is 18. The van der Waals surface area contributed by atoms with E-state index in [0.29, 0.717) is 23.2 Å². The van der Waals surface area contributed by atoms with E-state index < -0.39 is 103 Å². The van der Waals surface area contributed by atoms with E-state index in [1.54, 1.807) is 57.4 Å². The molecule has 4 N–H and O–H groups in total. The van der Waals surface area contributed by atoms with Gasteiger partial charge in [-0.3, -0.25) is 43.9 Å². The number of likely N-dealkylation sites (N-methyl/N-ethyl adjacent to an activating group) is 1. The van der Waals surface area contributed by atoms with Crippen LogP contribution >= 0.6 is 35.1 Å². The number of anilines is 1. The van der Waals surface area contributed by atoms with Crippen LogP contribution in [0.4, 0.5) is 10.5 Å². The van der Waals surface area contributed by atoms with E-state index in [0.717, 1.165) is 10.5 Å². The highest BCUT2D eigenvalue weighted by molar-refractivity contribution is 8.00. The Balaban J connectivity index is 1.05. The average Bonchev–Trinajstić information content (AvgIpc) is 3.91. The third-order valence-corrected chi connectivity index (χ3v) is 17.7. The van der Waals surface area contributed by atoms with Gasteiger partial charge in [0, 0.05) is 62.6 Å². The lowest BCUT2D eigenvalue weighted by atomic mass is 9.81. The molecule has 0 aromatic heterocycles. The summed E-state index contributed by atoms with van der Waals surface area (Å²) in [6.07, 6.45) is 2.93. The highest BCUT2D eigenvalue weighted by Crippen LogP contribution is 2.49. The molecule has 7 amide bonds. The SMILES string of the molecule is CSC1CC(=O)N(CCOCCOCCN2C(=O)CC(CSCC(C)C(=O)N(C)[C@H](C)C(=O)O[C@H]3CC(=O)N(C)c4cc(cc(CO)c4Cl)C/C(C)=C/C=C/[C@@H](CO)[C@@]4(O)C[C@H](OC(=O)N4)[C@@H](C)[C@@H]4O[C@@]34C)C2=O)C1=O. The van der Waals surface area contributed by atoms with Crippen molar-refractivity contribution in [2.24, 2.45) is 23.7 Å². The smallest absolute Gasteiger partial charge is 0.409 e. The Bertz CT molecular complexity index is 2430. The number of amides is 7. The summed E-state index contributed by atoms with van der Waals surface area (Å²) in [4.78, 5) is 111. The molecule has 76 heavy (non-hydrogen) atoms. The van der Waals surface area contributed by atoms with Crippen molar-refractivity contribution in [2.75, 3.05) is 82.9 Å². The first-order valence-electron chi connectivity index (χ1n) is 25.4. The Kier molecular flexibility index (Phi) is 21.0. The molecule has 4 saturated heterocycles. The maximum absolute atomic E-state index is 14.4. The number of aliphatic hydroxyl groups excluding tert-OH is 2. The molecule has 5 aliphatic rings. The highest BCUT2D eigenvalue weighted by Gasteiger charge is 2.64. The molecule has 4 fully saturated rings. The average molecular weight is 1120 g/mol. The Morgan fingerprint density at radius 2 is 1.63 bits per heavy atom. The molecule has 1 aromatic rings. The van der Waals surface area contributed by atoms with Gasteiger partial charge in [-0.15, -0.1) is 0 Å². The highest BCUT2D eigenvalue weighted by atomic mass is 35.5. The fourth-order valence-electron chi connectivity index (χ4n) is 9.91. The van der Waals surface area contributed by atoms with Crippen LogP contribution in [0.5, 0.6) is 0 Å². The summed E-state index contributed by atoms with van der Waals surface area (Å²) in [5.41, 5.74) is -1.03. The van der Waals surface area contributed by atoms with Gasteiger partial charge in [0.1, 0.15) is 23.9 Å². The summed E-state index contributed by atoms with van der Waals surface area (Å²) in [5.74, 6) is -5.12. The van der Waals surface area contributed by atoms with Crippen molar-refractivity contribution >= 4 is 88.3 Å². The van der Waals surface area contributed by atoms with Crippen molar-refractivity contribution in [3.63, 3.8) is 0 Å². The van der Waals surface area contributed by atoms with Crippen molar-refractivity contribution < 1.29 is 77.4 Å². The number of likely N-dealkylation sites (tertiary alicyclic amines) is 2.